The van der Waals surface area contributed by atoms with E-state index in [1.165, 1.54) is 18.4 Å². The maximum atomic E-state index is 10.0. The second-order valence-electron chi connectivity index (χ2n) is 3.34. The van der Waals surface area contributed by atoms with Crippen LogP contribution in [0.5, 0.6) is 0 Å². The minimum absolute atomic E-state index is 0.328. The van der Waals surface area contributed by atoms with Crippen molar-refractivity contribution >= 4 is 18.1 Å². The van der Waals surface area contributed by atoms with Crippen LogP contribution in [-0.4, -0.2) is 11.5 Å². The van der Waals surface area contributed by atoms with Crippen LogP contribution in [0.3, 0.4) is 0 Å². The molecule has 0 saturated heterocycles. The largest absolute Gasteiger partial charge is 0.442 e. The third-order valence-corrected chi connectivity index (χ3v) is 2.59. The minimum Gasteiger partial charge on any atom is -0.442 e. The van der Waals surface area contributed by atoms with E-state index >= 15 is 0 Å². The average molecular weight is 212 g/mol. The molecular formula is C10H10ClNO2. The summed E-state index contributed by atoms with van der Waals surface area (Å²) in [5.41, 5.74) is 1.03. The number of halogens is 1. The number of alkyl halides is 1. The molecule has 0 N–H and O–H groups in total. The number of nitrogens with zero attached hydrogens (tertiary/aromatic N) is 1. The molecule has 3 nitrogen and oxygen atoms in total. The van der Waals surface area contributed by atoms with Crippen LogP contribution in [0.2, 0.25) is 0 Å². The molecule has 0 bridgehead atoms. The highest BCUT2D eigenvalue weighted by atomic mass is 35.5. The molecule has 0 amide bonds. The number of carbonyl (C=O) groups excluding carboxylic acids is 1. The maximum Gasteiger partial charge on any atom is 0.294 e. The number of ether oxygens (including phenoxy) is 1. The first kappa shape index (κ1) is 9.46. The van der Waals surface area contributed by atoms with Gasteiger partial charge in [-0.25, -0.2) is 0 Å². The smallest absolute Gasteiger partial charge is 0.294 e. The van der Waals surface area contributed by atoms with Crippen molar-refractivity contribution in [3.8, 4) is 0 Å². The lowest BCUT2D eigenvalue weighted by Crippen LogP contribution is -1.98. The van der Waals surface area contributed by atoms with E-state index < -0.39 is 5.56 Å². The lowest BCUT2D eigenvalue weighted by Gasteiger charge is -2.06. The molecule has 0 spiro atoms. The van der Waals surface area contributed by atoms with Gasteiger partial charge in [-0.2, -0.15) is 0 Å². The normalized spacial score (nSPS) is 17.5. The Hall–Kier alpha value is -1.09. The predicted octanol–water partition coefficient (Wildman–Crippen LogP) is 2.37. The number of pyridine rings is 1. The highest BCUT2D eigenvalue weighted by Gasteiger charge is 2.23. The van der Waals surface area contributed by atoms with Crippen molar-refractivity contribution in [2.24, 2.45) is 0 Å². The van der Waals surface area contributed by atoms with Gasteiger partial charge in [-0.3, -0.25) is 9.78 Å². The lowest BCUT2D eigenvalue weighted by molar-refractivity contribution is -0.130. The molecule has 1 aliphatic rings. The summed E-state index contributed by atoms with van der Waals surface area (Å²) >= 11 is 5.74. The van der Waals surface area contributed by atoms with Gasteiger partial charge in [0.25, 0.3) is 6.47 Å². The van der Waals surface area contributed by atoms with Gasteiger partial charge in [0.1, 0.15) is 0 Å². The van der Waals surface area contributed by atoms with Gasteiger partial charge in [-0.15, -0.1) is 0 Å². The number of rotatable bonds is 4. The first-order valence-electron chi connectivity index (χ1n) is 4.50. The Balaban J connectivity index is 2.08. The van der Waals surface area contributed by atoms with Crippen molar-refractivity contribution in [3.63, 3.8) is 0 Å². The van der Waals surface area contributed by atoms with Crippen molar-refractivity contribution in [2.45, 2.75) is 24.3 Å². The Morgan fingerprint density at radius 3 is 2.86 bits per heavy atom. The zero-order valence-corrected chi connectivity index (χ0v) is 8.28. The Kier molecular flexibility index (Phi) is 2.68. The summed E-state index contributed by atoms with van der Waals surface area (Å²) in [6.07, 6.45) is 4.29. The summed E-state index contributed by atoms with van der Waals surface area (Å²) in [4.78, 5) is 14.2. The molecule has 2 rings (SSSR count). The molecule has 0 aromatic carbocycles. The van der Waals surface area contributed by atoms with Crippen molar-refractivity contribution in [3.05, 3.63) is 29.6 Å². The van der Waals surface area contributed by atoms with Gasteiger partial charge in [0.15, 0.2) is 0 Å². The van der Waals surface area contributed by atoms with E-state index in [0.717, 1.165) is 0 Å². The van der Waals surface area contributed by atoms with Gasteiger partial charge in [-0.05, 0) is 30.4 Å². The molecule has 14 heavy (non-hydrogen) atoms. The monoisotopic (exact) mass is 211 g/mol. The number of aromatic nitrogens is 1. The summed E-state index contributed by atoms with van der Waals surface area (Å²) in [6.45, 7) is 0.328. The molecule has 1 atom stereocenters. The molecule has 74 valence electrons. The molecule has 1 saturated carbocycles. The van der Waals surface area contributed by atoms with Gasteiger partial charge >= 0.3 is 0 Å². The third-order valence-electron chi connectivity index (χ3n) is 2.27. The van der Waals surface area contributed by atoms with Crippen LogP contribution in [0.25, 0.3) is 0 Å². The zero-order chi connectivity index (χ0) is 9.97. The van der Waals surface area contributed by atoms with Crippen LogP contribution in [0.15, 0.2) is 18.3 Å². The highest BCUT2D eigenvalue weighted by molar-refractivity contribution is 6.20. The molecule has 1 unspecified atom stereocenters. The highest BCUT2D eigenvalue weighted by Crippen LogP contribution is 2.39. The molecule has 4 heteroatoms. The van der Waals surface area contributed by atoms with Crippen LogP contribution in [0.1, 0.15) is 35.6 Å². The second kappa shape index (κ2) is 3.96. The van der Waals surface area contributed by atoms with E-state index in [4.69, 9.17) is 11.6 Å². The van der Waals surface area contributed by atoms with E-state index in [9.17, 15) is 4.79 Å². The first-order chi connectivity index (χ1) is 6.81. The van der Waals surface area contributed by atoms with Crippen LogP contribution in [0, 0.1) is 0 Å². The quantitative estimate of drug-likeness (QED) is 0.567. The van der Waals surface area contributed by atoms with E-state index in [1.54, 1.807) is 12.3 Å². The summed E-state index contributed by atoms with van der Waals surface area (Å²) < 4.78 is 4.57. The molecule has 1 fully saturated rings. The fraction of sp³-hybridized carbons (Fsp3) is 0.400. The fourth-order valence-electron chi connectivity index (χ4n) is 1.33. The van der Waals surface area contributed by atoms with E-state index in [2.05, 4.69) is 9.72 Å². The Morgan fingerprint density at radius 1 is 1.57 bits per heavy atom. The SMILES string of the molecule is O=COC(Cl)c1ccc(C2CC2)cn1. The van der Waals surface area contributed by atoms with E-state index in [-0.39, 0.29) is 0 Å². The van der Waals surface area contributed by atoms with Gasteiger partial charge in [-0.1, -0.05) is 17.7 Å². The molecule has 1 aromatic rings. The van der Waals surface area contributed by atoms with Gasteiger partial charge < -0.3 is 4.74 Å². The fourth-order valence-corrected chi connectivity index (χ4v) is 1.50. The minimum atomic E-state index is -0.777. The molecule has 1 aromatic heterocycles. The average Bonchev–Trinajstić information content (AvgIpc) is 3.02. The van der Waals surface area contributed by atoms with Crippen molar-refractivity contribution < 1.29 is 9.53 Å². The molecule has 1 aliphatic carbocycles. The Morgan fingerprint density at radius 2 is 2.36 bits per heavy atom. The van der Waals surface area contributed by atoms with Gasteiger partial charge in [0.05, 0.1) is 5.69 Å². The van der Waals surface area contributed by atoms with Crippen molar-refractivity contribution in [1.82, 2.24) is 4.98 Å². The zero-order valence-electron chi connectivity index (χ0n) is 7.52. The summed E-state index contributed by atoms with van der Waals surface area (Å²) in [5.74, 6) is 0.678. The summed E-state index contributed by atoms with van der Waals surface area (Å²) in [5, 5.41) is 0. The molecule has 0 aliphatic heterocycles. The van der Waals surface area contributed by atoms with Crippen LogP contribution in [0.4, 0.5) is 0 Å². The van der Waals surface area contributed by atoms with Gasteiger partial charge in [0, 0.05) is 6.20 Å². The van der Waals surface area contributed by atoms with Crippen LogP contribution in [-0.2, 0) is 9.53 Å². The maximum absolute atomic E-state index is 10.0. The topological polar surface area (TPSA) is 39.2 Å². The van der Waals surface area contributed by atoms with E-state index in [1.807, 2.05) is 6.07 Å². The number of hydrogen-bond donors (Lipinski definition) is 0. The number of carbonyl (C=O) groups is 1. The van der Waals surface area contributed by atoms with Gasteiger partial charge in [0.2, 0.25) is 5.56 Å². The van der Waals surface area contributed by atoms with Crippen molar-refractivity contribution in [2.75, 3.05) is 0 Å². The van der Waals surface area contributed by atoms with E-state index in [0.29, 0.717) is 18.1 Å². The summed E-state index contributed by atoms with van der Waals surface area (Å²) in [7, 11) is 0. The third kappa shape index (κ3) is 2.04. The van der Waals surface area contributed by atoms with Crippen LogP contribution >= 0.6 is 11.6 Å². The van der Waals surface area contributed by atoms with Crippen LogP contribution < -0.4 is 0 Å². The Bertz CT molecular complexity index is 321. The predicted molar refractivity (Wildman–Crippen MR) is 52.0 cm³/mol. The second-order valence-corrected chi connectivity index (χ2v) is 3.74. The molecule has 1 heterocycles. The lowest BCUT2D eigenvalue weighted by atomic mass is 10.2. The Labute approximate surface area is 87.0 Å². The summed E-state index contributed by atoms with van der Waals surface area (Å²) in [6, 6.07) is 3.79. The number of hydrogen-bond acceptors (Lipinski definition) is 3. The standard InChI is InChI=1S/C10H10ClNO2/c11-10(14-6-13)9-4-3-8(5-12-9)7-1-2-7/h3-7,10H,1-2H2. The molecular weight excluding hydrogens is 202 g/mol. The molecule has 0 radical (unpaired) electrons. The first-order valence-corrected chi connectivity index (χ1v) is 4.94. The van der Waals surface area contributed by atoms with Crippen molar-refractivity contribution in [1.29, 1.82) is 0 Å².